The van der Waals surface area contributed by atoms with Crippen LogP contribution in [-0.2, 0) is 28.4 Å². The lowest BCUT2D eigenvalue weighted by Gasteiger charge is -2.08. The van der Waals surface area contributed by atoms with E-state index in [0.717, 1.165) is 13.0 Å². The third-order valence-corrected chi connectivity index (χ3v) is 5.74. The molecule has 0 spiro atoms. The Hall–Kier alpha value is -0.280. The smallest absolute Gasteiger partial charge is 0.0701 e. The largest absolute Gasteiger partial charge is 0.394 e. The summed E-state index contributed by atoms with van der Waals surface area (Å²) in [5.41, 5.74) is 0. The lowest BCUT2D eigenvalue weighted by molar-refractivity contribution is -0.0182. The molecule has 35 heavy (non-hydrogen) atoms. The third kappa shape index (κ3) is 33.7. The molecule has 0 rings (SSSR count). The predicted octanol–water partition coefficient (Wildman–Crippen LogP) is 5.56. The van der Waals surface area contributed by atoms with Crippen LogP contribution in [0.1, 0.15) is 96.8 Å². The first-order valence-electron chi connectivity index (χ1n) is 14.5. The molecule has 0 saturated heterocycles. The first-order chi connectivity index (χ1) is 17.4. The van der Waals surface area contributed by atoms with E-state index in [1.807, 2.05) is 0 Å². The van der Waals surface area contributed by atoms with Gasteiger partial charge in [-0.25, -0.2) is 0 Å². The molecule has 0 saturated carbocycles. The van der Waals surface area contributed by atoms with Gasteiger partial charge in [-0.3, -0.25) is 0 Å². The van der Waals surface area contributed by atoms with Crippen LogP contribution in [0.15, 0.2) is 0 Å². The molecule has 212 valence electrons. The third-order valence-electron chi connectivity index (χ3n) is 5.74. The molecule has 0 bridgehead atoms. The maximum Gasteiger partial charge on any atom is 0.0701 e. The Morgan fingerprint density at radius 3 is 0.886 bits per heavy atom. The van der Waals surface area contributed by atoms with Gasteiger partial charge in [-0.15, -0.1) is 0 Å². The number of ether oxygens (including phenoxy) is 6. The summed E-state index contributed by atoms with van der Waals surface area (Å²) < 4.78 is 32.5. The molecule has 0 aromatic rings. The van der Waals surface area contributed by atoms with Crippen molar-refractivity contribution in [3.63, 3.8) is 0 Å². The topological polar surface area (TPSA) is 75.6 Å². The molecule has 0 aliphatic carbocycles. The normalized spacial score (nSPS) is 11.5. The number of hydrogen-bond acceptors (Lipinski definition) is 7. The van der Waals surface area contributed by atoms with Gasteiger partial charge in [0.25, 0.3) is 0 Å². The SMILES string of the molecule is CCCCCCCCCCCCCCCCOCCOCCOCCOCCOCCOCCO. The summed E-state index contributed by atoms with van der Waals surface area (Å²) in [6, 6.07) is 0. The van der Waals surface area contributed by atoms with Crippen LogP contribution >= 0.6 is 0 Å². The van der Waals surface area contributed by atoms with Crippen molar-refractivity contribution in [2.45, 2.75) is 96.8 Å². The maximum atomic E-state index is 8.56. The van der Waals surface area contributed by atoms with E-state index >= 15 is 0 Å². The van der Waals surface area contributed by atoms with Gasteiger partial charge in [-0.2, -0.15) is 0 Å². The van der Waals surface area contributed by atoms with E-state index in [1.54, 1.807) is 0 Å². The van der Waals surface area contributed by atoms with Crippen LogP contribution in [0.2, 0.25) is 0 Å². The maximum absolute atomic E-state index is 8.56. The Bertz CT molecular complexity index is 326. The van der Waals surface area contributed by atoms with Gasteiger partial charge in [0.2, 0.25) is 0 Å². The van der Waals surface area contributed by atoms with E-state index in [0.29, 0.717) is 72.7 Å². The molecule has 0 heterocycles. The van der Waals surface area contributed by atoms with Crippen molar-refractivity contribution in [2.24, 2.45) is 0 Å². The molecular weight excluding hydrogens is 448 g/mol. The highest BCUT2D eigenvalue weighted by atomic mass is 16.6. The zero-order valence-corrected chi connectivity index (χ0v) is 23.0. The lowest BCUT2D eigenvalue weighted by atomic mass is 10.0. The number of aliphatic hydroxyl groups excluding tert-OH is 1. The van der Waals surface area contributed by atoms with Crippen LogP contribution in [-0.4, -0.2) is 91.0 Å². The Morgan fingerprint density at radius 2 is 0.571 bits per heavy atom. The van der Waals surface area contributed by atoms with Crippen molar-refractivity contribution >= 4 is 0 Å². The Balaban J connectivity index is 3.00. The quantitative estimate of drug-likeness (QED) is 0.120. The van der Waals surface area contributed by atoms with Crippen molar-refractivity contribution < 1.29 is 33.5 Å². The van der Waals surface area contributed by atoms with E-state index in [-0.39, 0.29) is 6.61 Å². The minimum absolute atomic E-state index is 0.0431. The molecule has 0 aromatic carbocycles. The molecule has 0 aliphatic rings. The standard InChI is InChI=1S/C28H58O7/c1-2-3-4-5-6-7-8-9-10-11-12-13-14-15-17-30-19-21-32-23-25-34-27-28-35-26-24-33-22-20-31-18-16-29/h29H,2-28H2,1H3. The van der Waals surface area contributed by atoms with E-state index in [1.165, 1.54) is 83.5 Å². The van der Waals surface area contributed by atoms with E-state index in [2.05, 4.69) is 6.92 Å². The Kier molecular flexibility index (Phi) is 33.5. The van der Waals surface area contributed by atoms with Gasteiger partial charge in [0.15, 0.2) is 0 Å². The average molecular weight is 507 g/mol. The molecular formula is C28H58O7. The van der Waals surface area contributed by atoms with Crippen molar-refractivity contribution in [3.8, 4) is 0 Å². The van der Waals surface area contributed by atoms with Crippen LogP contribution < -0.4 is 0 Å². The number of unbranched alkanes of at least 4 members (excludes halogenated alkanes) is 13. The van der Waals surface area contributed by atoms with Crippen LogP contribution in [0.5, 0.6) is 0 Å². The highest BCUT2D eigenvalue weighted by Gasteiger charge is 1.96. The molecule has 0 fully saturated rings. The summed E-state index contributed by atoms with van der Waals surface area (Å²) in [4.78, 5) is 0. The van der Waals surface area contributed by atoms with Gasteiger partial charge in [0.1, 0.15) is 0 Å². The van der Waals surface area contributed by atoms with Gasteiger partial charge in [-0.05, 0) is 6.42 Å². The second-order valence-corrected chi connectivity index (χ2v) is 8.99. The first-order valence-corrected chi connectivity index (χ1v) is 14.5. The minimum Gasteiger partial charge on any atom is -0.394 e. The Morgan fingerprint density at radius 1 is 0.314 bits per heavy atom. The highest BCUT2D eigenvalue weighted by molar-refractivity contribution is 4.49. The average Bonchev–Trinajstić information content (AvgIpc) is 2.87. The summed E-state index contributed by atoms with van der Waals surface area (Å²) in [5.74, 6) is 0. The zero-order valence-electron chi connectivity index (χ0n) is 23.0. The molecule has 1 N–H and O–H groups in total. The highest BCUT2D eigenvalue weighted by Crippen LogP contribution is 2.12. The fourth-order valence-electron chi connectivity index (χ4n) is 3.66. The van der Waals surface area contributed by atoms with E-state index in [9.17, 15) is 0 Å². The number of aliphatic hydroxyl groups is 1. The molecule has 0 amide bonds. The molecule has 7 nitrogen and oxygen atoms in total. The monoisotopic (exact) mass is 506 g/mol. The van der Waals surface area contributed by atoms with Crippen molar-refractivity contribution in [2.75, 3.05) is 85.9 Å². The molecule has 0 aromatic heterocycles. The molecule has 0 radical (unpaired) electrons. The molecule has 7 heteroatoms. The zero-order chi connectivity index (χ0) is 25.3. The number of hydrogen-bond donors (Lipinski definition) is 1. The van der Waals surface area contributed by atoms with Gasteiger partial charge < -0.3 is 33.5 Å². The molecule has 0 unspecified atom stereocenters. The van der Waals surface area contributed by atoms with Crippen LogP contribution in [0.4, 0.5) is 0 Å². The van der Waals surface area contributed by atoms with E-state index < -0.39 is 0 Å². The van der Waals surface area contributed by atoms with Crippen molar-refractivity contribution in [3.05, 3.63) is 0 Å². The first kappa shape index (κ1) is 34.7. The van der Waals surface area contributed by atoms with Gasteiger partial charge in [0.05, 0.1) is 79.3 Å². The summed E-state index contributed by atoms with van der Waals surface area (Å²) in [5, 5.41) is 8.56. The van der Waals surface area contributed by atoms with Crippen LogP contribution in [0, 0.1) is 0 Å². The minimum atomic E-state index is 0.0431. The molecule has 0 aliphatic heterocycles. The van der Waals surface area contributed by atoms with Crippen molar-refractivity contribution in [1.29, 1.82) is 0 Å². The Labute approximate surface area is 216 Å². The second kappa shape index (κ2) is 33.7. The van der Waals surface area contributed by atoms with Crippen LogP contribution in [0.25, 0.3) is 0 Å². The fraction of sp³-hybridized carbons (Fsp3) is 1.00. The summed E-state index contributed by atoms with van der Waals surface area (Å²) in [6.07, 6.45) is 19.3. The van der Waals surface area contributed by atoms with Gasteiger partial charge >= 0.3 is 0 Å². The predicted molar refractivity (Wildman–Crippen MR) is 142 cm³/mol. The number of rotatable bonds is 32. The van der Waals surface area contributed by atoms with Gasteiger partial charge in [-0.1, -0.05) is 90.4 Å². The fourth-order valence-corrected chi connectivity index (χ4v) is 3.66. The summed E-state index contributed by atoms with van der Waals surface area (Å²) in [6.45, 7) is 9.14. The molecule has 0 atom stereocenters. The van der Waals surface area contributed by atoms with Crippen LogP contribution in [0.3, 0.4) is 0 Å². The lowest BCUT2D eigenvalue weighted by Crippen LogP contribution is -2.14. The summed E-state index contributed by atoms with van der Waals surface area (Å²) >= 11 is 0. The summed E-state index contributed by atoms with van der Waals surface area (Å²) in [7, 11) is 0. The van der Waals surface area contributed by atoms with E-state index in [4.69, 9.17) is 33.5 Å². The second-order valence-electron chi connectivity index (χ2n) is 8.99. The van der Waals surface area contributed by atoms with Crippen molar-refractivity contribution in [1.82, 2.24) is 0 Å². The van der Waals surface area contributed by atoms with Gasteiger partial charge in [0, 0.05) is 6.61 Å².